The molecule has 0 aliphatic carbocycles. The molecule has 0 saturated heterocycles. The van der Waals surface area contributed by atoms with Crippen LogP contribution in [0.25, 0.3) is 11.2 Å². The first-order valence-electron chi connectivity index (χ1n) is 8.39. The molecule has 6 nitrogen and oxygen atoms in total. The predicted molar refractivity (Wildman–Crippen MR) is 95.7 cm³/mol. The van der Waals surface area contributed by atoms with E-state index in [-0.39, 0.29) is 6.10 Å². The third-order valence-electron chi connectivity index (χ3n) is 3.61. The average molecular weight is 325 g/mol. The average Bonchev–Trinajstić information content (AvgIpc) is 2.92. The maximum Gasteiger partial charge on any atom is 0.245 e. The van der Waals surface area contributed by atoms with Crippen molar-refractivity contribution < 1.29 is 4.74 Å². The predicted octanol–water partition coefficient (Wildman–Crippen LogP) is 4.16. The zero-order chi connectivity index (χ0) is 16.9. The van der Waals surface area contributed by atoms with Crippen molar-refractivity contribution in [2.24, 2.45) is 0 Å². The Balaban J connectivity index is 2.05. The number of aromatic nitrogens is 4. The first-order chi connectivity index (χ1) is 11.7. The smallest absolute Gasteiger partial charge is 0.245 e. The number of benzene rings is 1. The number of hydrogen-bond donors (Lipinski definition) is 1. The lowest BCUT2D eigenvalue weighted by Crippen LogP contribution is -2.08. The molecule has 1 aromatic carbocycles. The number of nitrogens with one attached hydrogen (secondary N) is 1. The minimum absolute atomic E-state index is 0.0365. The Bertz CT molecular complexity index is 798. The van der Waals surface area contributed by atoms with E-state index in [0.717, 1.165) is 36.7 Å². The Morgan fingerprint density at radius 1 is 1.17 bits per heavy atom. The second-order valence-electron chi connectivity index (χ2n) is 5.95. The van der Waals surface area contributed by atoms with Gasteiger partial charge in [-0.1, -0.05) is 31.5 Å². The van der Waals surface area contributed by atoms with Gasteiger partial charge >= 0.3 is 0 Å². The fraction of sp³-hybridized carbons (Fsp3) is 0.389. The van der Waals surface area contributed by atoms with Crippen LogP contribution >= 0.6 is 0 Å². The molecule has 24 heavy (non-hydrogen) atoms. The van der Waals surface area contributed by atoms with Crippen LogP contribution < -0.4 is 10.1 Å². The zero-order valence-corrected chi connectivity index (χ0v) is 14.4. The Morgan fingerprint density at radius 3 is 2.67 bits per heavy atom. The van der Waals surface area contributed by atoms with E-state index in [4.69, 9.17) is 9.72 Å². The summed E-state index contributed by atoms with van der Waals surface area (Å²) in [7, 11) is 0. The number of nitrogens with zero attached hydrogens (tertiary/aromatic N) is 4. The van der Waals surface area contributed by atoms with Crippen LogP contribution in [0.4, 0.5) is 11.6 Å². The van der Waals surface area contributed by atoms with Gasteiger partial charge in [0.05, 0.1) is 6.10 Å². The number of anilines is 2. The highest BCUT2D eigenvalue weighted by Crippen LogP contribution is 2.27. The largest absolute Gasteiger partial charge is 0.473 e. The van der Waals surface area contributed by atoms with E-state index in [0.29, 0.717) is 11.4 Å². The van der Waals surface area contributed by atoms with Crippen LogP contribution in [0.5, 0.6) is 5.88 Å². The van der Waals surface area contributed by atoms with E-state index < -0.39 is 0 Å². The van der Waals surface area contributed by atoms with E-state index in [2.05, 4.69) is 26.8 Å². The summed E-state index contributed by atoms with van der Waals surface area (Å²) in [5, 5.41) is 3.38. The minimum Gasteiger partial charge on any atom is -0.473 e. The Labute approximate surface area is 141 Å². The van der Waals surface area contributed by atoms with Gasteiger partial charge in [0.15, 0.2) is 11.2 Å². The standard InChI is InChI=1S/C18H23N5O/c1-4-5-11-23-16-15(17(20-12-19-16)24-13(2)3)22-18(23)21-14-9-7-6-8-10-14/h6-10,12-13H,4-5,11H2,1-3H3,(H,21,22). The van der Waals surface area contributed by atoms with Crippen molar-refractivity contribution in [2.75, 3.05) is 5.32 Å². The summed E-state index contributed by atoms with van der Waals surface area (Å²) in [5.41, 5.74) is 2.48. The maximum absolute atomic E-state index is 5.80. The van der Waals surface area contributed by atoms with Gasteiger partial charge in [-0.05, 0) is 32.4 Å². The lowest BCUT2D eigenvalue weighted by atomic mass is 10.3. The van der Waals surface area contributed by atoms with Gasteiger partial charge in [-0.3, -0.25) is 4.57 Å². The third-order valence-corrected chi connectivity index (χ3v) is 3.61. The molecule has 0 radical (unpaired) electrons. The SMILES string of the molecule is CCCCn1c(Nc2ccccc2)nc2c(OC(C)C)ncnc21. The third kappa shape index (κ3) is 3.48. The molecular formula is C18H23N5O. The number of imidazole rings is 1. The van der Waals surface area contributed by atoms with Gasteiger partial charge in [-0.15, -0.1) is 0 Å². The first kappa shape index (κ1) is 16.2. The Kier molecular flexibility index (Phi) is 4.93. The molecule has 0 fully saturated rings. The van der Waals surface area contributed by atoms with Crippen LogP contribution in [0.2, 0.25) is 0 Å². The van der Waals surface area contributed by atoms with Crippen LogP contribution in [-0.2, 0) is 6.54 Å². The number of fused-ring (bicyclic) bond motifs is 1. The normalized spacial score (nSPS) is 11.2. The molecule has 6 heteroatoms. The number of aryl methyl sites for hydroxylation is 1. The summed E-state index contributed by atoms with van der Waals surface area (Å²) in [5.74, 6) is 1.29. The van der Waals surface area contributed by atoms with Crippen molar-refractivity contribution in [1.82, 2.24) is 19.5 Å². The summed E-state index contributed by atoms with van der Waals surface area (Å²) in [6, 6.07) is 10.0. The molecule has 2 aromatic heterocycles. The van der Waals surface area contributed by atoms with E-state index in [1.54, 1.807) is 0 Å². The molecule has 2 heterocycles. The molecule has 0 unspecified atom stereocenters. The molecule has 0 bridgehead atoms. The molecule has 0 aliphatic rings. The van der Waals surface area contributed by atoms with Gasteiger partial charge in [-0.25, -0.2) is 9.97 Å². The van der Waals surface area contributed by atoms with Crippen LogP contribution in [0.3, 0.4) is 0 Å². The Hall–Kier alpha value is -2.63. The highest BCUT2D eigenvalue weighted by atomic mass is 16.5. The summed E-state index contributed by atoms with van der Waals surface area (Å²) >= 11 is 0. The molecule has 1 N–H and O–H groups in total. The molecule has 3 aromatic rings. The number of rotatable bonds is 7. The second-order valence-corrected chi connectivity index (χ2v) is 5.95. The monoisotopic (exact) mass is 325 g/mol. The molecule has 126 valence electrons. The van der Waals surface area contributed by atoms with Gasteiger partial charge in [0.2, 0.25) is 11.8 Å². The summed E-state index contributed by atoms with van der Waals surface area (Å²) < 4.78 is 7.89. The minimum atomic E-state index is 0.0365. The topological polar surface area (TPSA) is 64.9 Å². The van der Waals surface area contributed by atoms with E-state index in [1.165, 1.54) is 6.33 Å². The van der Waals surface area contributed by atoms with E-state index in [1.807, 2.05) is 44.2 Å². The number of para-hydroxylation sites is 1. The molecule has 0 spiro atoms. The van der Waals surface area contributed by atoms with Crippen LogP contribution in [0, 0.1) is 0 Å². The zero-order valence-electron chi connectivity index (χ0n) is 14.4. The molecular weight excluding hydrogens is 302 g/mol. The lowest BCUT2D eigenvalue weighted by molar-refractivity contribution is 0.235. The fourth-order valence-corrected chi connectivity index (χ4v) is 2.50. The lowest BCUT2D eigenvalue weighted by Gasteiger charge is -2.10. The maximum atomic E-state index is 5.80. The van der Waals surface area contributed by atoms with Crippen LogP contribution in [0.15, 0.2) is 36.7 Å². The van der Waals surface area contributed by atoms with Crippen molar-refractivity contribution >= 4 is 22.8 Å². The number of unbranched alkanes of at least 4 members (excludes halogenated alkanes) is 1. The van der Waals surface area contributed by atoms with E-state index >= 15 is 0 Å². The number of ether oxygens (including phenoxy) is 1. The first-order valence-corrected chi connectivity index (χ1v) is 8.39. The summed E-state index contributed by atoms with van der Waals surface area (Å²) in [6.07, 6.45) is 3.73. The van der Waals surface area contributed by atoms with Gasteiger partial charge in [0.1, 0.15) is 6.33 Å². The van der Waals surface area contributed by atoms with Crippen LogP contribution in [-0.4, -0.2) is 25.6 Å². The summed E-state index contributed by atoms with van der Waals surface area (Å²) in [6.45, 7) is 6.97. The molecule has 0 saturated carbocycles. The van der Waals surface area contributed by atoms with Crippen molar-refractivity contribution in [2.45, 2.75) is 46.3 Å². The molecule has 3 rings (SSSR count). The van der Waals surface area contributed by atoms with E-state index in [9.17, 15) is 0 Å². The van der Waals surface area contributed by atoms with Gasteiger partial charge in [0.25, 0.3) is 0 Å². The Morgan fingerprint density at radius 2 is 1.96 bits per heavy atom. The van der Waals surface area contributed by atoms with Gasteiger partial charge in [-0.2, -0.15) is 4.98 Å². The van der Waals surface area contributed by atoms with Crippen molar-refractivity contribution in [1.29, 1.82) is 0 Å². The molecule has 0 aliphatic heterocycles. The quantitative estimate of drug-likeness (QED) is 0.706. The van der Waals surface area contributed by atoms with Crippen molar-refractivity contribution in [3.05, 3.63) is 36.7 Å². The van der Waals surface area contributed by atoms with Gasteiger partial charge < -0.3 is 10.1 Å². The fourth-order valence-electron chi connectivity index (χ4n) is 2.50. The van der Waals surface area contributed by atoms with Crippen molar-refractivity contribution in [3.8, 4) is 5.88 Å². The highest BCUT2D eigenvalue weighted by Gasteiger charge is 2.17. The van der Waals surface area contributed by atoms with Crippen molar-refractivity contribution in [3.63, 3.8) is 0 Å². The highest BCUT2D eigenvalue weighted by molar-refractivity contribution is 5.80. The van der Waals surface area contributed by atoms with Crippen LogP contribution in [0.1, 0.15) is 33.6 Å². The van der Waals surface area contributed by atoms with Gasteiger partial charge in [0, 0.05) is 12.2 Å². The molecule has 0 amide bonds. The molecule has 0 atom stereocenters. The second kappa shape index (κ2) is 7.29. The summed E-state index contributed by atoms with van der Waals surface area (Å²) in [4.78, 5) is 13.4. The number of hydrogen-bond acceptors (Lipinski definition) is 5.